The molecule has 0 saturated carbocycles. The third-order valence-electron chi connectivity index (χ3n) is 2.99. The molecule has 0 radical (unpaired) electrons. The third-order valence-corrected chi connectivity index (χ3v) is 2.99. The minimum Gasteiger partial charge on any atom is -0.464 e. The molecule has 0 aromatic carbocycles. The van der Waals surface area contributed by atoms with E-state index in [0.29, 0.717) is 12.5 Å². The lowest BCUT2D eigenvalue weighted by atomic mass is 10.1. The highest BCUT2D eigenvalue weighted by molar-refractivity contribution is 5.74. The molecule has 0 fully saturated rings. The fraction of sp³-hybridized carbons (Fsp3) is 0.733. The van der Waals surface area contributed by atoms with E-state index in [2.05, 4.69) is 31.1 Å². The van der Waals surface area contributed by atoms with E-state index in [1.165, 1.54) is 0 Å². The molecular weight excluding hydrogens is 254 g/mol. The Kier molecular flexibility index (Phi) is 7.30. The Morgan fingerprint density at radius 2 is 2.20 bits per heavy atom. The summed E-state index contributed by atoms with van der Waals surface area (Å²) in [4.78, 5) is 16.3. The van der Waals surface area contributed by atoms with Crippen LogP contribution in [0.1, 0.15) is 52.3 Å². The van der Waals surface area contributed by atoms with E-state index in [9.17, 15) is 4.79 Å². The number of aromatic nitrogens is 2. The molecule has 1 aromatic rings. The van der Waals surface area contributed by atoms with Crippen LogP contribution in [0.2, 0.25) is 0 Å². The lowest BCUT2D eigenvalue weighted by Gasteiger charge is -2.15. The maximum absolute atomic E-state index is 12.0. The van der Waals surface area contributed by atoms with Gasteiger partial charge in [-0.25, -0.2) is 9.78 Å². The quantitative estimate of drug-likeness (QED) is 0.707. The standard InChI is InChI=1S/C15H27N3O2/c1-5-7-14(15(19)20-6-2)18-10-13(17-11-18)9-16-8-12(3)4/h10-12,14,16H,5-9H2,1-4H3. The molecule has 0 aliphatic carbocycles. The Morgan fingerprint density at radius 3 is 2.80 bits per heavy atom. The Balaban J connectivity index is 2.63. The summed E-state index contributed by atoms with van der Waals surface area (Å²) >= 11 is 0. The van der Waals surface area contributed by atoms with Crippen LogP contribution in [0.3, 0.4) is 0 Å². The van der Waals surface area contributed by atoms with Crippen molar-refractivity contribution >= 4 is 5.97 Å². The average molecular weight is 281 g/mol. The number of carbonyl (C=O) groups is 1. The second-order valence-electron chi connectivity index (χ2n) is 5.39. The predicted octanol–water partition coefficient (Wildman–Crippen LogP) is 2.53. The molecule has 20 heavy (non-hydrogen) atoms. The maximum Gasteiger partial charge on any atom is 0.329 e. The van der Waals surface area contributed by atoms with E-state index >= 15 is 0 Å². The number of esters is 1. The summed E-state index contributed by atoms with van der Waals surface area (Å²) in [5, 5.41) is 3.35. The summed E-state index contributed by atoms with van der Waals surface area (Å²) in [6.07, 6.45) is 5.37. The zero-order valence-corrected chi connectivity index (χ0v) is 13.1. The molecule has 0 spiro atoms. The molecule has 1 heterocycles. The van der Waals surface area contributed by atoms with Gasteiger partial charge in [-0.1, -0.05) is 27.2 Å². The Morgan fingerprint density at radius 1 is 1.45 bits per heavy atom. The Labute approximate surface area is 121 Å². The molecule has 0 saturated heterocycles. The maximum atomic E-state index is 12.0. The van der Waals surface area contributed by atoms with Gasteiger partial charge < -0.3 is 14.6 Å². The van der Waals surface area contributed by atoms with Crippen LogP contribution in [0.4, 0.5) is 0 Å². The highest BCUT2D eigenvalue weighted by Gasteiger charge is 2.20. The molecule has 1 N–H and O–H groups in total. The largest absolute Gasteiger partial charge is 0.464 e. The van der Waals surface area contributed by atoms with Gasteiger partial charge in [0.2, 0.25) is 0 Å². The first-order valence-electron chi connectivity index (χ1n) is 7.48. The minimum absolute atomic E-state index is 0.173. The predicted molar refractivity (Wildman–Crippen MR) is 79.3 cm³/mol. The lowest BCUT2D eigenvalue weighted by Crippen LogP contribution is -2.21. The van der Waals surface area contributed by atoms with Crippen LogP contribution >= 0.6 is 0 Å². The van der Waals surface area contributed by atoms with Crippen LogP contribution in [-0.2, 0) is 16.1 Å². The smallest absolute Gasteiger partial charge is 0.329 e. The first-order valence-corrected chi connectivity index (χ1v) is 7.48. The summed E-state index contributed by atoms with van der Waals surface area (Å²) in [5.41, 5.74) is 0.955. The molecule has 1 unspecified atom stereocenters. The van der Waals surface area contributed by atoms with Gasteiger partial charge in [0.05, 0.1) is 18.6 Å². The minimum atomic E-state index is -0.258. The summed E-state index contributed by atoms with van der Waals surface area (Å²) in [6.45, 7) is 10.3. The molecule has 0 amide bonds. The molecule has 0 bridgehead atoms. The van der Waals surface area contributed by atoms with Gasteiger partial charge in [0.1, 0.15) is 6.04 Å². The number of rotatable bonds is 9. The second kappa shape index (κ2) is 8.74. The molecule has 0 aliphatic heterocycles. The number of hydrogen-bond acceptors (Lipinski definition) is 4. The van der Waals surface area contributed by atoms with Crippen molar-refractivity contribution in [3.05, 3.63) is 18.2 Å². The summed E-state index contributed by atoms with van der Waals surface area (Å²) < 4.78 is 7.00. The van der Waals surface area contributed by atoms with Gasteiger partial charge >= 0.3 is 5.97 Å². The van der Waals surface area contributed by atoms with Crippen LogP contribution < -0.4 is 5.32 Å². The number of nitrogens with zero attached hydrogens (tertiary/aromatic N) is 2. The van der Waals surface area contributed by atoms with Crippen LogP contribution in [0.5, 0.6) is 0 Å². The van der Waals surface area contributed by atoms with Crippen LogP contribution in [0.25, 0.3) is 0 Å². The highest BCUT2D eigenvalue weighted by Crippen LogP contribution is 2.16. The average Bonchev–Trinajstić information content (AvgIpc) is 2.84. The van der Waals surface area contributed by atoms with Crippen molar-refractivity contribution in [2.24, 2.45) is 5.92 Å². The van der Waals surface area contributed by atoms with E-state index < -0.39 is 0 Å². The third kappa shape index (κ3) is 5.33. The fourth-order valence-electron chi connectivity index (χ4n) is 2.03. The number of nitrogens with one attached hydrogen (secondary N) is 1. The molecule has 1 aromatic heterocycles. The van der Waals surface area contributed by atoms with Crippen LogP contribution in [0.15, 0.2) is 12.5 Å². The van der Waals surface area contributed by atoms with Crippen molar-refractivity contribution in [2.75, 3.05) is 13.2 Å². The lowest BCUT2D eigenvalue weighted by molar-refractivity contribution is -0.147. The van der Waals surface area contributed by atoms with Crippen molar-refractivity contribution < 1.29 is 9.53 Å². The van der Waals surface area contributed by atoms with Crippen molar-refractivity contribution in [2.45, 2.75) is 53.1 Å². The molecule has 5 nitrogen and oxygen atoms in total. The molecule has 0 aliphatic rings. The van der Waals surface area contributed by atoms with E-state index in [-0.39, 0.29) is 12.0 Å². The first-order chi connectivity index (χ1) is 9.58. The van der Waals surface area contributed by atoms with Gasteiger partial charge in [-0.05, 0) is 25.8 Å². The van der Waals surface area contributed by atoms with E-state index in [1.54, 1.807) is 6.33 Å². The van der Waals surface area contributed by atoms with Gasteiger partial charge in [0, 0.05) is 12.7 Å². The number of imidazole rings is 1. The van der Waals surface area contributed by atoms with Crippen molar-refractivity contribution in [3.63, 3.8) is 0 Å². The Bertz CT molecular complexity index is 402. The zero-order valence-electron chi connectivity index (χ0n) is 13.1. The molecule has 1 rings (SSSR count). The zero-order chi connectivity index (χ0) is 15.0. The van der Waals surface area contributed by atoms with Gasteiger partial charge in [-0.3, -0.25) is 0 Å². The van der Waals surface area contributed by atoms with Gasteiger partial charge in [-0.2, -0.15) is 0 Å². The monoisotopic (exact) mass is 281 g/mol. The number of carbonyl (C=O) groups excluding carboxylic acids is 1. The number of hydrogen-bond donors (Lipinski definition) is 1. The van der Waals surface area contributed by atoms with E-state index in [1.807, 2.05) is 17.7 Å². The van der Waals surface area contributed by atoms with Gasteiger partial charge in [-0.15, -0.1) is 0 Å². The van der Waals surface area contributed by atoms with Gasteiger partial charge in [0.25, 0.3) is 0 Å². The fourth-order valence-corrected chi connectivity index (χ4v) is 2.03. The molecule has 114 valence electrons. The van der Waals surface area contributed by atoms with Gasteiger partial charge in [0.15, 0.2) is 0 Å². The number of ether oxygens (including phenoxy) is 1. The normalized spacial score (nSPS) is 12.7. The molecule has 5 heteroatoms. The van der Waals surface area contributed by atoms with Crippen molar-refractivity contribution in [3.8, 4) is 0 Å². The first kappa shape index (κ1) is 16.7. The van der Waals surface area contributed by atoms with Crippen molar-refractivity contribution in [1.29, 1.82) is 0 Å². The topological polar surface area (TPSA) is 56.2 Å². The van der Waals surface area contributed by atoms with Crippen LogP contribution in [0, 0.1) is 5.92 Å². The van der Waals surface area contributed by atoms with Crippen LogP contribution in [-0.4, -0.2) is 28.7 Å². The Hall–Kier alpha value is -1.36. The van der Waals surface area contributed by atoms with E-state index in [4.69, 9.17) is 4.74 Å². The SMILES string of the molecule is CCCC(C(=O)OCC)n1cnc(CNCC(C)C)c1. The van der Waals surface area contributed by atoms with Crippen molar-refractivity contribution in [1.82, 2.24) is 14.9 Å². The molecular formula is C15H27N3O2. The summed E-state index contributed by atoms with van der Waals surface area (Å²) in [5.74, 6) is 0.442. The van der Waals surface area contributed by atoms with E-state index in [0.717, 1.165) is 31.6 Å². The second-order valence-corrected chi connectivity index (χ2v) is 5.39. The summed E-state index contributed by atoms with van der Waals surface area (Å²) in [7, 11) is 0. The molecule has 1 atom stereocenters. The summed E-state index contributed by atoms with van der Waals surface area (Å²) in [6, 6.07) is -0.258. The highest BCUT2D eigenvalue weighted by atomic mass is 16.5.